The van der Waals surface area contributed by atoms with Crippen LogP contribution < -0.4 is 5.32 Å². The number of nitrogens with one attached hydrogen (secondary N) is 2. The number of imidazole rings is 1. The van der Waals surface area contributed by atoms with Crippen molar-refractivity contribution in [3.8, 4) is 0 Å². The molecule has 0 saturated heterocycles. The van der Waals surface area contributed by atoms with Gasteiger partial charge < -0.3 is 10.3 Å². The van der Waals surface area contributed by atoms with Gasteiger partial charge in [0.05, 0.1) is 6.33 Å². The smallest absolute Gasteiger partial charge is 0.289 e. The van der Waals surface area contributed by atoms with Crippen molar-refractivity contribution in [3.63, 3.8) is 0 Å². The maximum absolute atomic E-state index is 13.6. The largest absolute Gasteiger partial charge is 0.340 e. The second kappa shape index (κ2) is 8.10. The topological polar surface area (TPSA) is 113 Å². The average Bonchev–Trinajstić information content (AvgIpc) is 3.02. The molecule has 0 amide bonds. The molecule has 3 aromatic rings. The van der Waals surface area contributed by atoms with Crippen molar-refractivity contribution >= 4 is 74.1 Å². The summed E-state index contributed by atoms with van der Waals surface area (Å²) < 4.78 is 23.8. The summed E-state index contributed by atoms with van der Waals surface area (Å²) in [5, 5.41) is 13.6. The van der Waals surface area contributed by atoms with Crippen molar-refractivity contribution in [2.45, 2.75) is 8.27 Å². The normalized spacial score (nSPS) is 13.7. The zero-order valence-corrected chi connectivity index (χ0v) is 16.7. The Balaban J connectivity index is 1.98. The highest BCUT2D eigenvalue weighted by Gasteiger charge is 2.46. The van der Waals surface area contributed by atoms with Crippen LogP contribution >= 0.6 is 51.4 Å². The lowest BCUT2D eigenvalue weighted by molar-refractivity contribution is -0.286. The fraction of sp³-hybridized carbons (Fsp3) is 0.0833. The molecule has 2 aromatic heterocycles. The number of nitrogens with zero attached hydrogens (tertiary/aromatic N) is 5. The van der Waals surface area contributed by atoms with E-state index in [0.29, 0.717) is 23.0 Å². The second-order valence-electron chi connectivity index (χ2n) is 4.75. The monoisotopic (exact) mass is 497 g/mol. The molecule has 0 aliphatic rings. The summed E-state index contributed by atoms with van der Waals surface area (Å²) in [4.78, 5) is 25.9. The van der Waals surface area contributed by atoms with Crippen molar-refractivity contribution in [3.05, 3.63) is 46.5 Å². The number of thioether (sulfide) groups is 1. The van der Waals surface area contributed by atoms with Gasteiger partial charge in [-0.2, -0.15) is 0 Å². The summed E-state index contributed by atoms with van der Waals surface area (Å²) in [7, 11) is 0. The zero-order valence-electron chi connectivity index (χ0n) is 12.8. The van der Waals surface area contributed by atoms with Crippen LogP contribution in [0.5, 0.6) is 0 Å². The number of nitro groups is 1. The minimum absolute atomic E-state index is 0.0333. The number of aromatic nitrogens is 4. The van der Waals surface area contributed by atoms with Crippen molar-refractivity contribution < 1.29 is 13.2 Å². The van der Waals surface area contributed by atoms with E-state index in [0.717, 1.165) is 0 Å². The van der Waals surface area contributed by atoms with Crippen molar-refractivity contribution in [2.75, 3.05) is 5.32 Å². The van der Waals surface area contributed by atoms with E-state index >= 15 is 0 Å². The molecule has 0 aliphatic heterocycles. The quantitative estimate of drug-likeness (QED) is 0.0555. The minimum Gasteiger partial charge on any atom is -0.340 e. The van der Waals surface area contributed by atoms with Gasteiger partial charge in [-0.05, 0) is 50.5 Å². The molecule has 142 valence electrons. The van der Waals surface area contributed by atoms with Crippen LogP contribution in [0.3, 0.4) is 0 Å². The van der Waals surface area contributed by atoms with Crippen molar-refractivity contribution in [2.24, 2.45) is 0 Å². The molecule has 0 radical (unpaired) electrons. The first kappa shape index (κ1) is 20.0. The number of aromatic amines is 1. The summed E-state index contributed by atoms with van der Waals surface area (Å²) >= 11 is 8.68. The van der Waals surface area contributed by atoms with E-state index in [4.69, 9.17) is 11.8 Å². The van der Waals surface area contributed by atoms with Gasteiger partial charge in [0.15, 0.2) is 16.6 Å². The molecule has 0 spiro atoms. The van der Waals surface area contributed by atoms with E-state index < -0.39 is 17.9 Å². The molecule has 2 N–H and O–H groups in total. The summed E-state index contributed by atoms with van der Waals surface area (Å²) in [6.45, 7) is 0. The Morgan fingerprint density at radius 2 is 2.22 bits per heavy atom. The molecule has 1 aromatic carbocycles. The SMILES string of the molecule is O=[N+]([O-])SC(Br)(Sc1nc(Nc2cccc(F)c2)c2[nH]cnc2n1)N(F)Cl. The molecular formula is C12H7BrClF2N7O2S2. The standard InChI is InChI=1S/C12H7BrClF2N7O2S2/c13-12(22(14)16,27-23(24)25)26-11-20-9-8(17-5-18-9)10(21-11)19-7-3-1-2-6(15)4-7/h1-5H,(H2,17,18,19,20,21). The van der Waals surface area contributed by atoms with Crippen LogP contribution in [0.2, 0.25) is 0 Å². The van der Waals surface area contributed by atoms with Gasteiger partial charge in [-0.1, -0.05) is 6.07 Å². The Labute approximate surface area is 171 Å². The number of hydrogen-bond acceptors (Lipinski definition) is 9. The third kappa shape index (κ3) is 4.76. The second-order valence-corrected chi connectivity index (χ2v) is 9.73. The van der Waals surface area contributed by atoms with E-state index in [1.807, 2.05) is 0 Å². The predicted molar refractivity (Wildman–Crippen MR) is 102 cm³/mol. The van der Waals surface area contributed by atoms with Gasteiger partial charge in [-0.3, -0.25) is 10.1 Å². The summed E-state index contributed by atoms with van der Waals surface area (Å²) in [5.74, 6) is -0.242. The molecule has 1 atom stereocenters. The molecular weight excluding hydrogens is 492 g/mol. The lowest BCUT2D eigenvalue weighted by Crippen LogP contribution is -2.26. The molecule has 2 heterocycles. The fourth-order valence-electron chi connectivity index (χ4n) is 1.94. The highest BCUT2D eigenvalue weighted by Crippen LogP contribution is 2.50. The maximum atomic E-state index is 13.6. The van der Waals surface area contributed by atoms with E-state index in [1.54, 1.807) is 6.07 Å². The lowest BCUT2D eigenvalue weighted by atomic mass is 10.3. The average molecular weight is 499 g/mol. The van der Waals surface area contributed by atoms with Crippen molar-refractivity contribution in [1.82, 2.24) is 24.6 Å². The number of alkyl halides is 1. The molecule has 0 aliphatic carbocycles. The van der Waals surface area contributed by atoms with E-state index in [-0.39, 0.29) is 28.6 Å². The van der Waals surface area contributed by atoms with Gasteiger partial charge >= 0.3 is 0 Å². The Bertz CT molecular complexity index is 997. The summed E-state index contributed by atoms with van der Waals surface area (Å²) in [6.07, 6.45) is 1.36. The number of rotatable bonds is 7. The Morgan fingerprint density at radius 3 is 2.89 bits per heavy atom. The number of hydrogen-bond donors (Lipinski definition) is 2. The van der Waals surface area contributed by atoms with E-state index in [1.165, 1.54) is 24.5 Å². The highest BCUT2D eigenvalue weighted by molar-refractivity contribution is 9.13. The molecule has 3 rings (SSSR count). The zero-order chi connectivity index (χ0) is 19.6. The van der Waals surface area contributed by atoms with Crippen LogP contribution in [-0.4, -0.2) is 32.0 Å². The van der Waals surface area contributed by atoms with Crippen LogP contribution in [-0.2, 0) is 0 Å². The first-order valence-corrected chi connectivity index (χ1v) is 9.56. The highest BCUT2D eigenvalue weighted by atomic mass is 79.9. The molecule has 0 bridgehead atoms. The first-order valence-electron chi connectivity index (χ1n) is 6.84. The third-order valence-electron chi connectivity index (χ3n) is 2.96. The van der Waals surface area contributed by atoms with Crippen LogP contribution in [0.4, 0.5) is 20.4 Å². The van der Waals surface area contributed by atoms with Gasteiger partial charge in [0, 0.05) is 17.5 Å². The van der Waals surface area contributed by atoms with Gasteiger partial charge in [-0.25, -0.2) is 19.3 Å². The number of benzene rings is 1. The number of fused-ring (bicyclic) bond motifs is 1. The minimum atomic E-state index is -2.03. The molecule has 15 heteroatoms. The van der Waals surface area contributed by atoms with Crippen LogP contribution in [0.1, 0.15) is 0 Å². The van der Waals surface area contributed by atoms with Gasteiger partial charge in [-0.15, -0.1) is 4.48 Å². The first-order chi connectivity index (χ1) is 12.8. The predicted octanol–water partition coefficient (Wildman–Crippen LogP) is 4.60. The Hall–Kier alpha value is -1.74. The Kier molecular flexibility index (Phi) is 6.00. The van der Waals surface area contributed by atoms with Gasteiger partial charge in [0.25, 0.3) is 15.1 Å². The molecule has 0 fully saturated rings. The molecule has 1 unspecified atom stereocenters. The number of halogens is 4. The molecule has 0 saturated carbocycles. The van der Waals surface area contributed by atoms with Crippen molar-refractivity contribution in [1.29, 1.82) is 0 Å². The number of H-pyrrole nitrogens is 1. The van der Waals surface area contributed by atoms with E-state index in [2.05, 4.69) is 41.2 Å². The Morgan fingerprint density at radius 1 is 1.44 bits per heavy atom. The maximum Gasteiger partial charge on any atom is 0.289 e. The van der Waals surface area contributed by atoms with Gasteiger partial charge in [0.1, 0.15) is 15.7 Å². The lowest BCUT2D eigenvalue weighted by Gasteiger charge is -2.20. The number of anilines is 2. The molecule has 27 heavy (non-hydrogen) atoms. The van der Waals surface area contributed by atoms with E-state index in [9.17, 15) is 19.0 Å². The van der Waals surface area contributed by atoms with Crippen LogP contribution in [0.15, 0.2) is 35.7 Å². The summed E-state index contributed by atoms with van der Waals surface area (Å²) in [6, 6.07) is 5.64. The fourth-order valence-corrected chi connectivity index (χ4v) is 4.29. The summed E-state index contributed by atoms with van der Waals surface area (Å²) in [5.41, 5.74) is 1.02. The third-order valence-corrected chi connectivity index (χ3v) is 6.63. The van der Waals surface area contributed by atoms with Crippen LogP contribution in [0, 0.1) is 15.9 Å². The van der Waals surface area contributed by atoms with Gasteiger partial charge in [0.2, 0.25) is 0 Å². The molecule has 9 nitrogen and oxygen atoms in total. The van der Waals surface area contributed by atoms with Crippen LogP contribution in [0.25, 0.3) is 11.2 Å².